The number of aliphatic hydroxyl groups excluding tert-OH is 1. The lowest BCUT2D eigenvalue weighted by molar-refractivity contribution is 0.145. The Balaban J connectivity index is 1.74. The maximum atomic E-state index is 13.9. The molecule has 0 aliphatic carbocycles. The van der Waals surface area contributed by atoms with Crippen LogP contribution >= 0.6 is 23.2 Å². The van der Waals surface area contributed by atoms with Crippen LogP contribution in [-0.2, 0) is 0 Å². The molecule has 3 rings (SSSR count). The fraction of sp³-hybridized carbons (Fsp3) is 0.350. The normalized spacial score (nSPS) is 16.0. The van der Waals surface area contributed by atoms with Crippen molar-refractivity contribution in [3.8, 4) is 0 Å². The Labute approximate surface area is 173 Å². The van der Waals surface area contributed by atoms with Crippen LogP contribution < -0.4 is 15.5 Å². The van der Waals surface area contributed by atoms with E-state index >= 15 is 0 Å². The van der Waals surface area contributed by atoms with Crippen molar-refractivity contribution in [3.05, 3.63) is 57.8 Å². The number of halogens is 3. The zero-order valence-corrected chi connectivity index (χ0v) is 16.9. The van der Waals surface area contributed by atoms with Gasteiger partial charge in [-0.25, -0.2) is 9.18 Å². The van der Waals surface area contributed by atoms with E-state index in [2.05, 4.69) is 15.5 Å². The Morgan fingerprint density at radius 1 is 1.21 bits per heavy atom. The van der Waals surface area contributed by atoms with Crippen molar-refractivity contribution in [2.45, 2.75) is 31.9 Å². The van der Waals surface area contributed by atoms with Crippen molar-refractivity contribution in [2.24, 2.45) is 0 Å². The van der Waals surface area contributed by atoms with Crippen LogP contribution in [0.15, 0.2) is 36.4 Å². The highest BCUT2D eigenvalue weighted by Crippen LogP contribution is 2.30. The van der Waals surface area contributed by atoms with Crippen LogP contribution in [0.25, 0.3) is 0 Å². The molecule has 1 aliphatic rings. The molecule has 2 aromatic carbocycles. The van der Waals surface area contributed by atoms with E-state index in [1.807, 2.05) is 0 Å². The number of hydrogen-bond donors (Lipinski definition) is 3. The lowest BCUT2D eigenvalue weighted by Gasteiger charge is -2.34. The molecule has 1 saturated heterocycles. The van der Waals surface area contributed by atoms with Crippen LogP contribution in [0, 0.1) is 5.82 Å². The monoisotopic (exact) mass is 425 g/mol. The standard InChI is InChI=1S/C20H22Cl2FN3O2/c1-12(24-20(28)25-18-10-13(21)2-4-17(18)22)16-11-14(23)3-5-19(16)26-8-6-15(27)7-9-26/h2-5,10-12,15,27H,6-9H2,1H3,(H2,24,25,28). The molecule has 0 saturated carbocycles. The molecular weight excluding hydrogens is 404 g/mol. The van der Waals surface area contributed by atoms with Gasteiger partial charge in [0.2, 0.25) is 0 Å². The maximum absolute atomic E-state index is 13.9. The van der Waals surface area contributed by atoms with Crippen LogP contribution in [0.5, 0.6) is 0 Å². The summed E-state index contributed by atoms with van der Waals surface area (Å²) in [5.74, 6) is -0.372. The number of hydrogen-bond acceptors (Lipinski definition) is 3. The van der Waals surface area contributed by atoms with Gasteiger partial charge < -0.3 is 20.6 Å². The molecule has 1 aliphatic heterocycles. The number of nitrogens with zero attached hydrogens (tertiary/aromatic N) is 1. The molecule has 1 fully saturated rings. The van der Waals surface area contributed by atoms with Gasteiger partial charge in [-0.2, -0.15) is 0 Å². The van der Waals surface area contributed by atoms with E-state index in [1.165, 1.54) is 12.1 Å². The smallest absolute Gasteiger partial charge is 0.319 e. The van der Waals surface area contributed by atoms with E-state index < -0.39 is 12.1 Å². The first-order valence-electron chi connectivity index (χ1n) is 9.08. The van der Waals surface area contributed by atoms with Gasteiger partial charge in [-0.15, -0.1) is 0 Å². The summed E-state index contributed by atoms with van der Waals surface area (Å²) in [6.45, 7) is 3.14. The van der Waals surface area contributed by atoms with Gasteiger partial charge in [0.05, 0.1) is 22.9 Å². The SMILES string of the molecule is CC(NC(=O)Nc1cc(Cl)ccc1Cl)c1cc(F)ccc1N1CCC(O)CC1. The summed E-state index contributed by atoms with van der Waals surface area (Å²) in [5, 5.41) is 16.0. The third kappa shape index (κ3) is 5.07. The highest BCUT2D eigenvalue weighted by molar-refractivity contribution is 6.35. The Kier molecular flexibility index (Phi) is 6.65. The van der Waals surface area contributed by atoms with Crippen molar-refractivity contribution < 1.29 is 14.3 Å². The van der Waals surface area contributed by atoms with Crippen LogP contribution in [0.4, 0.5) is 20.6 Å². The molecule has 8 heteroatoms. The highest BCUT2D eigenvalue weighted by atomic mass is 35.5. The maximum Gasteiger partial charge on any atom is 0.319 e. The van der Waals surface area contributed by atoms with Gasteiger partial charge in [0, 0.05) is 29.4 Å². The van der Waals surface area contributed by atoms with Crippen molar-refractivity contribution in [2.75, 3.05) is 23.3 Å². The molecule has 5 nitrogen and oxygen atoms in total. The van der Waals surface area contributed by atoms with Crippen LogP contribution in [0.2, 0.25) is 10.0 Å². The molecule has 1 atom stereocenters. The number of nitrogens with one attached hydrogen (secondary N) is 2. The van der Waals surface area contributed by atoms with Crippen molar-refractivity contribution in [1.82, 2.24) is 5.32 Å². The quantitative estimate of drug-likeness (QED) is 0.647. The number of aliphatic hydroxyl groups is 1. The van der Waals surface area contributed by atoms with Gasteiger partial charge in [-0.1, -0.05) is 23.2 Å². The van der Waals surface area contributed by atoms with Crippen LogP contribution in [-0.4, -0.2) is 30.3 Å². The summed E-state index contributed by atoms with van der Waals surface area (Å²) < 4.78 is 13.9. The van der Waals surface area contributed by atoms with Crippen molar-refractivity contribution >= 4 is 40.6 Å². The molecule has 2 aromatic rings. The van der Waals surface area contributed by atoms with E-state index in [-0.39, 0.29) is 11.9 Å². The van der Waals surface area contributed by atoms with Gasteiger partial charge in [-0.3, -0.25) is 0 Å². The highest BCUT2D eigenvalue weighted by Gasteiger charge is 2.22. The third-order valence-electron chi connectivity index (χ3n) is 4.79. The first-order valence-corrected chi connectivity index (χ1v) is 9.84. The molecule has 1 heterocycles. The van der Waals surface area contributed by atoms with E-state index in [0.29, 0.717) is 47.2 Å². The third-order valence-corrected chi connectivity index (χ3v) is 5.35. The lowest BCUT2D eigenvalue weighted by atomic mass is 10.0. The molecule has 0 bridgehead atoms. The first kappa shape index (κ1) is 20.7. The molecule has 0 aromatic heterocycles. The Morgan fingerprint density at radius 2 is 1.93 bits per heavy atom. The molecular formula is C20H22Cl2FN3O2. The van der Waals surface area contributed by atoms with Crippen molar-refractivity contribution in [3.63, 3.8) is 0 Å². The minimum absolute atomic E-state index is 0.302. The van der Waals surface area contributed by atoms with Gasteiger partial charge in [0.15, 0.2) is 0 Å². The summed E-state index contributed by atoms with van der Waals surface area (Å²) in [4.78, 5) is 14.5. The largest absolute Gasteiger partial charge is 0.393 e. The number of piperidine rings is 1. The number of carbonyl (C=O) groups excluding carboxylic acids is 1. The zero-order chi connectivity index (χ0) is 20.3. The summed E-state index contributed by atoms with van der Waals surface area (Å²) in [7, 11) is 0. The summed E-state index contributed by atoms with van der Waals surface area (Å²) in [6, 6.07) is 8.41. The van der Waals surface area contributed by atoms with E-state index in [1.54, 1.807) is 31.2 Å². The molecule has 0 spiro atoms. The molecule has 28 heavy (non-hydrogen) atoms. The summed E-state index contributed by atoms with van der Waals surface area (Å²) in [5.41, 5.74) is 1.91. The molecule has 150 valence electrons. The van der Waals surface area contributed by atoms with Gasteiger partial charge in [0.25, 0.3) is 0 Å². The fourth-order valence-corrected chi connectivity index (χ4v) is 3.63. The average molecular weight is 426 g/mol. The van der Waals surface area contributed by atoms with E-state index in [0.717, 1.165) is 5.69 Å². The molecule has 3 N–H and O–H groups in total. The lowest BCUT2D eigenvalue weighted by Crippen LogP contribution is -2.37. The predicted octanol–water partition coefficient (Wildman–Crippen LogP) is 4.98. The summed E-state index contributed by atoms with van der Waals surface area (Å²) >= 11 is 12.0. The number of amides is 2. The molecule has 1 unspecified atom stereocenters. The van der Waals surface area contributed by atoms with E-state index in [4.69, 9.17) is 23.2 Å². The number of anilines is 2. The van der Waals surface area contributed by atoms with Crippen molar-refractivity contribution in [1.29, 1.82) is 0 Å². The zero-order valence-electron chi connectivity index (χ0n) is 15.4. The second-order valence-corrected chi connectivity index (χ2v) is 7.71. The minimum Gasteiger partial charge on any atom is -0.393 e. The minimum atomic E-state index is -0.471. The number of carbonyl (C=O) groups is 1. The first-order chi connectivity index (χ1) is 13.3. The van der Waals surface area contributed by atoms with Crippen LogP contribution in [0.3, 0.4) is 0 Å². The van der Waals surface area contributed by atoms with Gasteiger partial charge in [0.1, 0.15) is 5.82 Å². The van der Waals surface area contributed by atoms with Crippen LogP contribution in [0.1, 0.15) is 31.4 Å². The summed E-state index contributed by atoms with van der Waals surface area (Å²) in [6.07, 6.45) is 1.02. The Hall–Kier alpha value is -2.02. The number of urea groups is 1. The fourth-order valence-electron chi connectivity index (χ4n) is 3.29. The average Bonchev–Trinajstić information content (AvgIpc) is 2.65. The second kappa shape index (κ2) is 8.99. The number of benzene rings is 2. The molecule has 0 radical (unpaired) electrons. The molecule has 2 amide bonds. The van der Waals surface area contributed by atoms with Gasteiger partial charge >= 0.3 is 6.03 Å². The Morgan fingerprint density at radius 3 is 2.64 bits per heavy atom. The Bertz CT molecular complexity index is 857. The predicted molar refractivity (Wildman–Crippen MR) is 111 cm³/mol. The second-order valence-electron chi connectivity index (χ2n) is 6.87. The number of rotatable bonds is 4. The van der Waals surface area contributed by atoms with Gasteiger partial charge in [-0.05, 0) is 56.2 Å². The topological polar surface area (TPSA) is 64.6 Å². The van der Waals surface area contributed by atoms with E-state index in [9.17, 15) is 14.3 Å².